The molecule has 5 rings (SSSR count). The average molecular weight is 552 g/mol. The van der Waals surface area contributed by atoms with Crippen LogP contribution in [0.25, 0.3) is 16.9 Å². The van der Waals surface area contributed by atoms with E-state index in [0.717, 1.165) is 80.4 Å². The molecule has 1 saturated carbocycles. The lowest BCUT2D eigenvalue weighted by atomic mass is 9.85. The second-order valence-corrected chi connectivity index (χ2v) is 11.1. The van der Waals surface area contributed by atoms with E-state index in [1.54, 1.807) is 22.9 Å². The third-order valence-electron chi connectivity index (χ3n) is 7.37. The van der Waals surface area contributed by atoms with Crippen molar-refractivity contribution in [2.24, 2.45) is 0 Å². The highest BCUT2D eigenvalue weighted by molar-refractivity contribution is 6.35. The van der Waals surface area contributed by atoms with Gasteiger partial charge in [0.05, 0.1) is 16.4 Å². The number of nitrogens with one attached hydrogen (secondary N) is 1. The molecule has 6 nitrogen and oxygen atoms in total. The summed E-state index contributed by atoms with van der Waals surface area (Å²) in [4.78, 5) is 13.3. The Morgan fingerprint density at radius 2 is 1.68 bits per heavy atom. The van der Waals surface area contributed by atoms with E-state index in [9.17, 15) is 9.90 Å². The second kappa shape index (κ2) is 11.5. The molecule has 38 heavy (non-hydrogen) atoms. The van der Waals surface area contributed by atoms with Gasteiger partial charge in [-0.2, -0.15) is 5.10 Å². The number of aliphatic hydroxyl groups is 1. The Hall–Kier alpha value is -2.82. The first-order valence-electron chi connectivity index (χ1n) is 13.3. The fourth-order valence-electron chi connectivity index (χ4n) is 5.24. The summed E-state index contributed by atoms with van der Waals surface area (Å²) in [5.74, 6) is 6.01. The molecule has 8 heteroatoms. The number of benzene rings is 2. The Balaban J connectivity index is 1.50. The van der Waals surface area contributed by atoms with Gasteiger partial charge in [-0.1, -0.05) is 60.0 Å². The SMILES string of the molecule is Cc1c(C(=O)NN2CCCCC2)nn(-c2ccc(Cl)cc2Cl)c1-c1ccc(C#CC2(O)CCCCC2)cc1. The van der Waals surface area contributed by atoms with Crippen LogP contribution in [0.4, 0.5) is 0 Å². The summed E-state index contributed by atoms with van der Waals surface area (Å²) in [6.07, 6.45) is 7.92. The van der Waals surface area contributed by atoms with E-state index in [-0.39, 0.29) is 5.91 Å². The number of piperidine rings is 1. The number of carbonyl (C=O) groups is 1. The van der Waals surface area contributed by atoms with E-state index in [2.05, 4.69) is 17.3 Å². The lowest BCUT2D eigenvalue weighted by Crippen LogP contribution is -2.45. The molecule has 0 unspecified atom stereocenters. The monoisotopic (exact) mass is 550 g/mol. The van der Waals surface area contributed by atoms with Gasteiger partial charge in [-0.05, 0) is 75.8 Å². The average Bonchev–Trinajstić information content (AvgIpc) is 3.25. The number of nitrogens with zero attached hydrogens (tertiary/aromatic N) is 3. The first-order chi connectivity index (χ1) is 18.3. The standard InChI is InChI=1S/C30H32Cl2N4O2/c1-21-27(29(37)34-35-18-6-3-7-19-35)33-36(26-13-12-24(31)20-25(26)32)28(21)23-10-8-22(9-11-23)14-17-30(38)15-4-2-5-16-30/h8-13,20,38H,2-7,15-16,18-19H2,1H3,(H,34,37). The Bertz CT molecular complexity index is 1380. The molecule has 0 radical (unpaired) electrons. The maximum absolute atomic E-state index is 13.3. The molecule has 3 aromatic rings. The minimum atomic E-state index is -0.895. The first kappa shape index (κ1) is 26.8. The fourth-order valence-corrected chi connectivity index (χ4v) is 5.73. The van der Waals surface area contributed by atoms with Gasteiger partial charge < -0.3 is 5.11 Å². The van der Waals surface area contributed by atoms with Crippen LogP contribution in [0.3, 0.4) is 0 Å². The zero-order chi connectivity index (χ0) is 26.7. The summed E-state index contributed by atoms with van der Waals surface area (Å²) in [5, 5.41) is 18.4. The van der Waals surface area contributed by atoms with Crippen molar-refractivity contribution in [2.45, 2.75) is 63.9 Å². The summed E-state index contributed by atoms with van der Waals surface area (Å²) in [7, 11) is 0. The van der Waals surface area contributed by atoms with E-state index in [1.807, 2.05) is 36.2 Å². The maximum atomic E-state index is 13.3. The lowest BCUT2D eigenvalue weighted by Gasteiger charge is -2.26. The van der Waals surface area contributed by atoms with E-state index in [4.69, 9.17) is 28.3 Å². The zero-order valence-electron chi connectivity index (χ0n) is 21.6. The smallest absolute Gasteiger partial charge is 0.286 e. The maximum Gasteiger partial charge on any atom is 0.286 e. The molecule has 1 aliphatic carbocycles. The minimum absolute atomic E-state index is 0.238. The number of amides is 1. The summed E-state index contributed by atoms with van der Waals surface area (Å²) in [6, 6.07) is 13.0. The molecule has 2 aliphatic rings. The molecule has 1 aromatic heterocycles. The highest BCUT2D eigenvalue weighted by Gasteiger charge is 2.27. The van der Waals surface area contributed by atoms with Crippen LogP contribution in [0.15, 0.2) is 42.5 Å². The number of carbonyl (C=O) groups excluding carboxylic acids is 1. The van der Waals surface area contributed by atoms with Crippen molar-refractivity contribution in [3.05, 3.63) is 69.3 Å². The topological polar surface area (TPSA) is 70.4 Å². The molecule has 1 saturated heterocycles. The van der Waals surface area contributed by atoms with Crippen LogP contribution in [0.2, 0.25) is 10.0 Å². The van der Waals surface area contributed by atoms with Crippen LogP contribution in [0, 0.1) is 18.8 Å². The Labute approximate surface area is 233 Å². The van der Waals surface area contributed by atoms with E-state index >= 15 is 0 Å². The van der Waals surface area contributed by atoms with Crippen molar-refractivity contribution >= 4 is 29.1 Å². The molecule has 1 aliphatic heterocycles. The van der Waals surface area contributed by atoms with Crippen LogP contribution in [0.5, 0.6) is 0 Å². The number of hydrazine groups is 1. The van der Waals surface area contributed by atoms with Crippen LogP contribution < -0.4 is 5.43 Å². The summed E-state index contributed by atoms with van der Waals surface area (Å²) in [5.41, 5.74) is 6.33. The fraction of sp³-hybridized carbons (Fsp3) is 0.400. The van der Waals surface area contributed by atoms with Gasteiger partial charge in [-0.25, -0.2) is 9.69 Å². The molecule has 1 amide bonds. The van der Waals surface area contributed by atoms with Crippen LogP contribution in [-0.4, -0.2) is 44.5 Å². The van der Waals surface area contributed by atoms with Gasteiger partial charge in [0, 0.05) is 34.8 Å². The molecule has 0 spiro atoms. The van der Waals surface area contributed by atoms with Gasteiger partial charge in [-0.15, -0.1) is 0 Å². The number of aromatic nitrogens is 2. The van der Waals surface area contributed by atoms with Crippen molar-refractivity contribution in [3.63, 3.8) is 0 Å². The molecule has 198 valence electrons. The second-order valence-electron chi connectivity index (χ2n) is 10.2. The summed E-state index contributed by atoms with van der Waals surface area (Å²) in [6.45, 7) is 3.57. The van der Waals surface area contributed by atoms with Crippen molar-refractivity contribution in [1.29, 1.82) is 0 Å². The highest BCUT2D eigenvalue weighted by Crippen LogP contribution is 2.33. The molecule has 2 aromatic carbocycles. The van der Waals surface area contributed by atoms with Crippen molar-refractivity contribution in [2.75, 3.05) is 13.1 Å². The summed E-state index contributed by atoms with van der Waals surface area (Å²) < 4.78 is 1.71. The van der Waals surface area contributed by atoms with E-state index < -0.39 is 5.60 Å². The number of hydrogen-bond acceptors (Lipinski definition) is 4. The molecule has 2 fully saturated rings. The van der Waals surface area contributed by atoms with Gasteiger partial charge in [0.2, 0.25) is 0 Å². The van der Waals surface area contributed by atoms with Gasteiger partial charge >= 0.3 is 0 Å². The van der Waals surface area contributed by atoms with E-state index in [0.29, 0.717) is 21.4 Å². The molecule has 2 N–H and O–H groups in total. The summed E-state index contributed by atoms with van der Waals surface area (Å²) >= 11 is 12.7. The Morgan fingerprint density at radius 3 is 2.37 bits per heavy atom. The normalized spacial score (nSPS) is 17.5. The van der Waals surface area contributed by atoms with Gasteiger partial charge in [0.15, 0.2) is 5.69 Å². The van der Waals surface area contributed by atoms with E-state index in [1.165, 1.54) is 6.42 Å². The molecular formula is C30H32Cl2N4O2. The zero-order valence-corrected chi connectivity index (χ0v) is 23.1. The number of halogens is 2. The van der Waals surface area contributed by atoms with Crippen LogP contribution in [-0.2, 0) is 0 Å². The molecular weight excluding hydrogens is 519 g/mol. The predicted molar refractivity (Wildman–Crippen MR) is 152 cm³/mol. The quantitative estimate of drug-likeness (QED) is 0.372. The molecule has 0 atom stereocenters. The third kappa shape index (κ3) is 5.92. The van der Waals surface area contributed by atoms with Gasteiger partial charge in [0.1, 0.15) is 5.60 Å². The number of rotatable bonds is 4. The van der Waals surface area contributed by atoms with Crippen LogP contribution >= 0.6 is 23.2 Å². The first-order valence-corrected chi connectivity index (χ1v) is 14.1. The largest absolute Gasteiger partial charge is 0.378 e. The highest BCUT2D eigenvalue weighted by atomic mass is 35.5. The number of hydrogen-bond donors (Lipinski definition) is 2. The third-order valence-corrected chi connectivity index (χ3v) is 7.91. The molecule has 0 bridgehead atoms. The van der Waals surface area contributed by atoms with Crippen molar-refractivity contribution in [1.82, 2.24) is 20.2 Å². The van der Waals surface area contributed by atoms with Gasteiger partial charge in [-0.3, -0.25) is 10.2 Å². The Morgan fingerprint density at radius 1 is 1.00 bits per heavy atom. The Kier molecular flexibility index (Phi) is 8.11. The van der Waals surface area contributed by atoms with Gasteiger partial charge in [0.25, 0.3) is 5.91 Å². The predicted octanol–water partition coefficient (Wildman–Crippen LogP) is 6.33. The molecule has 2 heterocycles. The van der Waals surface area contributed by atoms with Crippen molar-refractivity contribution in [3.8, 4) is 28.8 Å². The van der Waals surface area contributed by atoms with Crippen LogP contribution in [0.1, 0.15) is 73.0 Å². The lowest BCUT2D eigenvalue weighted by molar-refractivity contribution is 0.0610. The van der Waals surface area contributed by atoms with Crippen molar-refractivity contribution < 1.29 is 9.90 Å². The minimum Gasteiger partial charge on any atom is -0.378 e.